The van der Waals surface area contributed by atoms with Crippen molar-refractivity contribution in [3.63, 3.8) is 0 Å². The van der Waals surface area contributed by atoms with Crippen molar-refractivity contribution in [2.75, 3.05) is 0 Å². The summed E-state index contributed by atoms with van der Waals surface area (Å²) in [5.41, 5.74) is 0.573. The monoisotopic (exact) mass is 300 g/mol. The summed E-state index contributed by atoms with van der Waals surface area (Å²) in [6.07, 6.45) is -0.0346. The van der Waals surface area contributed by atoms with Crippen LogP contribution in [0.1, 0.15) is 23.2 Å². The van der Waals surface area contributed by atoms with Gasteiger partial charge in [-0.3, -0.25) is 9.59 Å². The van der Waals surface area contributed by atoms with E-state index in [0.29, 0.717) is 5.56 Å². The fourth-order valence-corrected chi connectivity index (χ4v) is 0.989. The molecule has 1 aromatic rings. The van der Waals surface area contributed by atoms with Gasteiger partial charge in [0.25, 0.3) is 0 Å². The first-order valence-corrected chi connectivity index (χ1v) is 4.00. The van der Waals surface area contributed by atoms with Crippen molar-refractivity contribution in [1.29, 1.82) is 0 Å². The Balaban J connectivity index is 0.00000169. The topological polar surface area (TPSA) is 54.4 Å². The third-order valence-corrected chi connectivity index (χ3v) is 1.66. The van der Waals surface area contributed by atoms with Crippen molar-refractivity contribution in [3.05, 3.63) is 35.9 Å². The molecular formula is C10H12O3Sn. The second-order valence-electron chi connectivity index (χ2n) is 2.68. The summed E-state index contributed by atoms with van der Waals surface area (Å²) in [5, 5.41) is 8.36. The molecule has 0 fully saturated rings. The van der Waals surface area contributed by atoms with Gasteiger partial charge in [-0.05, 0) is 0 Å². The van der Waals surface area contributed by atoms with E-state index in [1.165, 1.54) is 0 Å². The van der Waals surface area contributed by atoms with Crippen molar-refractivity contribution >= 4 is 35.7 Å². The van der Waals surface area contributed by atoms with Gasteiger partial charge in [-0.25, -0.2) is 0 Å². The summed E-state index contributed by atoms with van der Waals surface area (Å²) in [7, 11) is 0. The molecule has 0 saturated carbocycles. The first-order chi connectivity index (χ1) is 6.20. The number of hydrogen-bond donors (Lipinski definition) is 1. The third kappa shape index (κ3) is 4.41. The van der Waals surface area contributed by atoms with Crippen LogP contribution in [0.15, 0.2) is 30.3 Å². The molecule has 1 N–H and O–H groups in total. The average Bonchev–Trinajstić information content (AvgIpc) is 2.15. The maximum atomic E-state index is 11.3. The Hall–Kier alpha value is -0.841. The summed E-state index contributed by atoms with van der Waals surface area (Å²) in [4.78, 5) is 21.5. The van der Waals surface area contributed by atoms with Crippen LogP contribution in [0.3, 0.4) is 0 Å². The Bertz CT molecular complexity index is 308. The molecule has 0 aliphatic heterocycles. The van der Waals surface area contributed by atoms with Crippen LogP contribution in [-0.2, 0) is 4.79 Å². The Morgan fingerprint density at radius 1 is 1.07 bits per heavy atom. The molecule has 1 rings (SSSR count). The summed E-state index contributed by atoms with van der Waals surface area (Å²) in [6.45, 7) is 0. The number of carbonyl (C=O) groups excluding carboxylic acids is 1. The first kappa shape index (κ1) is 13.2. The molecule has 0 aliphatic carbocycles. The molecule has 4 heteroatoms. The van der Waals surface area contributed by atoms with E-state index in [1.54, 1.807) is 24.3 Å². The number of carboxylic acids is 1. The van der Waals surface area contributed by atoms with Crippen LogP contribution >= 0.6 is 0 Å². The number of hydrogen-bond acceptors (Lipinski definition) is 2. The molecular weight excluding hydrogens is 287 g/mol. The van der Waals surface area contributed by atoms with Crippen LogP contribution in [0.5, 0.6) is 0 Å². The number of aliphatic carboxylic acids is 1. The van der Waals surface area contributed by atoms with E-state index in [0.717, 1.165) is 0 Å². The van der Waals surface area contributed by atoms with Crippen LogP contribution in [0.2, 0.25) is 0 Å². The molecule has 0 unspecified atom stereocenters. The van der Waals surface area contributed by atoms with Crippen molar-refractivity contribution in [2.24, 2.45) is 0 Å². The molecule has 0 spiro atoms. The van der Waals surface area contributed by atoms with Gasteiger partial charge in [0.2, 0.25) is 0 Å². The quantitative estimate of drug-likeness (QED) is 0.661. The zero-order valence-electron chi connectivity index (χ0n) is 7.77. The minimum atomic E-state index is -0.940. The van der Waals surface area contributed by atoms with E-state index in [2.05, 4.69) is 0 Å². The van der Waals surface area contributed by atoms with Gasteiger partial charge in [0.1, 0.15) is 0 Å². The van der Waals surface area contributed by atoms with E-state index in [1.807, 2.05) is 6.07 Å². The van der Waals surface area contributed by atoms with Gasteiger partial charge >= 0.3 is 29.9 Å². The van der Waals surface area contributed by atoms with E-state index in [4.69, 9.17) is 5.11 Å². The summed E-state index contributed by atoms with van der Waals surface area (Å²) in [5.74, 6) is -1.06. The Morgan fingerprint density at radius 2 is 1.64 bits per heavy atom. The van der Waals surface area contributed by atoms with Crippen molar-refractivity contribution in [2.45, 2.75) is 12.8 Å². The third-order valence-electron chi connectivity index (χ3n) is 1.66. The van der Waals surface area contributed by atoms with Gasteiger partial charge in [-0.2, -0.15) is 0 Å². The molecule has 0 heterocycles. The SMILES string of the molecule is O=C(O)CCC(=O)c1ccccc1.[SnH2]. The maximum absolute atomic E-state index is 11.3. The molecule has 1 aromatic carbocycles. The molecule has 0 aliphatic rings. The predicted octanol–water partition coefficient (Wildman–Crippen LogP) is 0.818. The fourth-order valence-electron chi connectivity index (χ4n) is 0.989. The molecule has 74 valence electrons. The predicted molar refractivity (Wildman–Crippen MR) is 56.2 cm³/mol. The van der Waals surface area contributed by atoms with Crippen molar-refractivity contribution < 1.29 is 14.7 Å². The zero-order chi connectivity index (χ0) is 9.68. The molecule has 14 heavy (non-hydrogen) atoms. The molecule has 0 saturated heterocycles. The van der Waals surface area contributed by atoms with Crippen LogP contribution in [0, 0.1) is 0 Å². The Morgan fingerprint density at radius 3 is 2.14 bits per heavy atom. The van der Waals surface area contributed by atoms with Gasteiger partial charge in [0.05, 0.1) is 6.42 Å². The molecule has 0 amide bonds. The fraction of sp³-hybridized carbons (Fsp3) is 0.200. The molecule has 3 nitrogen and oxygen atoms in total. The van der Waals surface area contributed by atoms with Gasteiger partial charge < -0.3 is 5.11 Å². The molecule has 0 bridgehead atoms. The van der Waals surface area contributed by atoms with Crippen LogP contribution in [0.4, 0.5) is 0 Å². The van der Waals surface area contributed by atoms with E-state index in [9.17, 15) is 9.59 Å². The summed E-state index contributed by atoms with van der Waals surface area (Å²) < 4.78 is 0. The number of carboxylic acid groups (broad SMARTS) is 1. The number of Topliss-reactive ketones (excluding diaryl/α,β-unsaturated/α-hetero) is 1. The van der Waals surface area contributed by atoms with Gasteiger partial charge in [-0.15, -0.1) is 0 Å². The molecule has 2 radical (unpaired) electrons. The standard InChI is InChI=1S/C10H10O3.Sn.2H/c11-9(6-7-10(12)13)8-4-2-1-3-5-8;;;/h1-5H,6-7H2,(H,12,13);;;. The number of benzene rings is 1. The van der Waals surface area contributed by atoms with Crippen LogP contribution in [0.25, 0.3) is 0 Å². The number of carbonyl (C=O) groups is 2. The van der Waals surface area contributed by atoms with E-state index >= 15 is 0 Å². The van der Waals surface area contributed by atoms with E-state index < -0.39 is 5.97 Å². The van der Waals surface area contributed by atoms with Gasteiger partial charge in [-0.1, -0.05) is 30.3 Å². The zero-order valence-corrected chi connectivity index (χ0v) is 11.8. The van der Waals surface area contributed by atoms with Crippen molar-refractivity contribution in [3.8, 4) is 0 Å². The summed E-state index contributed by atoms with van der Waals surface area (Å²) >= 11 is 0. The minimum absolute atomic E-state index is 0. The second-order valence-corrected chi connectivity index (χ2v) is 2.68. The van der Waals surface area contributed by atoms with Crippen LogP contribution < -0.4 is 0 Å². The van der Waals surface area contributed by atoms with Crippen LogP contribution in [-0.4, -0.2) is 40.8 Å². The van der Waals surface area contributed by atoms with Gasteiger partial charge in [0, 0.05) is 12.0 Å². The first-order valence-electron chi connectivity index (χ1n) is 4.00. The summed E-state index contributed by atoms with van der Waals surface area (Å²) in [6, 6.07) is 8.70. The number of ketones is 1. The van der Waals surface area contributed by atoms with E-state index in [-0.39, 0.29) is 42.5 Å². The van der Waals surface area contributed by atoms with Gasteiger partial charge in [0.15, 0.2) is 5.78 Å². The Labute approximate surface area is 99.1 Å². The molecule has 0 atom stereocenters. The Kier molecular flexibility index (Phi) is 6.19. The molecule has 0 aromatic heterocycles. The normalized spacial score (nSPS) is 8.86. The van der Waals surface area contributed by atoms with Crippen molar-refractivity contribution in [1.82, 2.24) is 0 Å². The average molecular weight is 299 g/mol. The number of rotatable bonds is 4. The second kappa shape index (κ2) is 6.59.